The third-order valence-electron chi connectivity index (χ3n) is 4.51. The van der Waals surface area contributed by atoms with E-state index in [4.69, 9.17) is 19.7 Å². The van der Waals surface area contributed by atoms with Crippen molar-refractivity contribution in [1.82, 2.24) is 10.3 Å². The summed E-state index contributed by atoms with van der Waals surface area (Å²) in [7, 11) is 0. The molecule has 0 spiro atoms. The second kappa shape index (κ2) is 12.3. The van der Waals surface area contributed by atoms with Gasteiger partial charge >= 0.3 is 11.9 Å². The molecule has 1 aliphatic heterocycles. The number of ether oxygens (including phenoxy) is 2. The summed E-state index contributed by atoms with van der Waals surface area (Å²) in [5, 5.41) is 19.0. The number of carboxylic acids is 2. The molecule has 0 aliphatic carbocycles. The van der Waals surface area contributed by atoms with Crippen molar-refractivity contribution in [3.8, 4) is 17.4 Å². The lowest BCUT2D eigenvalue weighted by molar-refractivity contribution is -0.134. The molecule has 2 aromatic rings. The summed E-state index contributed by atoms with van der Waals surface area (Å²) in [6.45, 7) is 6.82. The molecule has 1 saturated heterocycles. The third-order valence-corrected chi connectivity index (χ3v) is 4.51. The van der Waals surface area contributed by atoms with Crippen LogP contribution in [0, 0.1) is 19.8 Å². The number of benzene rings is 1. The van der Waals surface area contributed by atoms with Gasteiger partial charge in [-0.15, -0.1) is 0 Å². The van der Waals surface area contributed by atoms with Gasteiger partial charge in [-0.3, -0.25) is 0 Å². The molecular weight excluding hydrogens is 400 g/mol. The number of hydrogen-bond acceptors (Lipinski definition) is 6. The molecule has 8 nitrogen and oxygen atoms in total. The van der Waals surface area contributed by atoms with Crippen LogP contribution in [-0.2, 0) is 9.59 Å². The number of rotatable bonds is 7. The molecule has 0 bridgehead atoms. The highest BCUT2D eigenvalue weighted by atomic mass is 16.5. The van der Waals surface area contributed by atoms with E-state index in [9.17, 15) is 9.59 Å². The first-order valence-electron chi connectivity index (χ1n) is 10.0. The smallest absolute Gasteiger partial charge is 0.328 e. The standard InChI is InChI=1S/C19H24N2O2.C4H4O4/c1-14-6-3-4-8-17(14)23-19-18(10-9-15(2)21-19)22-13-16-7-5-11-20-12-16;5-3(6)1-2-4(7)8/h3-4,6,8-10,16,20H,5,7,11-13H2,1-2H3;1-2H,(H,5,6)(H,7,8)/b;2-1+/t16-;/m0./s1. The number of carbonyl (C=O) groups is 2. The highest BCUT2D eigenvalue weighted by Crippen LogP contribution is 2.31. The largest absolute Gasteiger partial charge is 0.488 e. The Balaban J connectivity index is 0.000000366. The predicted octanol–water partition coefficient (Wildman–Crippen LogP) is 3.58. The lowest BCUT2D eigenvalue weighted by Crippen LogP contribution is -2.33. The van der Waals surface area contributed by atoms with Gasteiger partial charge in [-0.1, -0.05) is 18.2 Å². The molecule has 1 atom stereocenters. The zero-order valence-corrected chi connectivity index (χ0v) is 17.7. The number of nitrogens with one attached hydrogen (secondary N) is 1. The van der Waals surface area contributed by atoms with Crippen molar-refractivity contribution in [3.63, 3.8) is 0 Å². The van der Waals surface area contributed by atoms with E-state index in [0.29, 0.717) is 36.3 Å². The van der Waals surface area contributed by atoms with Crippen molar-refractivity contribution in [3.05, 3.63) is 59.8 Å². The van der Waals surface area contributed by atoms with Gasteiger partial charge in [0.1, 0.15) is 5.75 Å². The zero-order chi connectivity index (χ0) is 22.6. The number of hydrogen-bond donors (Lipinski definition) is 3. The van der Waals surface area contributed by atoms with Gasteiger partial charge in [0.05, 0.1) is 6.61 Å². The highest BCUT2D eigenvalue weighted by molar-refractivity contribution is 5.89. The summed E-state index contributed by atoms with van der Waals surface area (Å²) in [5.41, 5.74) is 2.00. The Morgan fingerprint density at radius 3 is 2.42 bits per heavy atom. The van der Waals surface area contributed by atoms with Crippen LogP contribution in [0.4, 0.5) is 0 Å². The van der Waals surface area contributed by atoms with Gasteiger partial charge in [0.25, 0.3) is 5.88 Å². The van der Waals surface area contributed by atoms with Crippen LogP contribution in [0.3, 0.4) is 0 Å². The first-order valence-corrected chi connectivity index (χ1v) is 10.0. The van der Waals surface area contributed by atoms with Crippen LogP contribution in [0.5, 0.6) is 17.4 Å². The Labute approximate surface area is 181 Å². The molecule has 31 heavy (non-hydrogen) atoms. The van der Waals surface area contributed by atoms with E-state index < -0.39 is 11.9 Å². The molecule has 1 aliphatic rings. The van der Waals surface area contributed by atoms with Gasteiger partial charge in [0.15, 0.2) is 5.75 Å². The lowest BCUT2D eigenvalue weighted by atomic mass is 10.0. The summed E-state index contributed by atoms with van der Waals surface area (Å²) in [4.78, 5) is 23.6. The van der Waals surface area contributed by atoms with Crippen LogP contribution in [0.2, 0.25) is 0 Å². The summed E-state index contributed by atoms with van der Waals surface area (Å²) in [6, 6.07) is 11.9. The topological polar surface area (TPSA) is 118 Å². The maximum Gasteiger partial charge on any atom is 0.328 e. The lowest BCUT2D eigenvalue weighted by Gasteiger charge is -2.23. The zero-order valence-electron chi connectivity index (χ0n) is 17.7. The van der Waals surface area contributed by atoms with Crippen LogP contribution in [-0.4, -0.2) is 46.8 Å². The second-order valence-corrected chi connectivity index (χ2v) is 7.16. The van der Waals surface area contributed by atoms with Crippen LogP contribution in [0.25, 0.3) is 0 Å². The van der Waals surface area contributed by atoms with E-state index in [1.165, 1.54) is 12.8 Å². The molecule has 1 aromatic heterocycles. The Morgan fingerprint density at radius 2 is 1.81 bits per heavy atom. The van der Waals surface area contributed by atoms with Gasteiger partial charge < -0.3 is 25.0 Å². The van der Waals surface area contributed by atoms with E-state index in [2.05, 4.69) is 10.3 Å². The molecular formula is C23H28N2O6. The number of para-hydroxylation sites is 1. The molecule has 3 N–H and O–H groups in total. The van der Waals surface area contributed by atoms with Gasteiger partial charge in [-0.2, -0.15) is 0 Å². The SMILES string of the molecule is Cc1ccc(OC[C@H]2CCCNC2)c(Oc2ccccc2C)n1.O=C(O)/C=C/C(=O)O. The average molecular weight is 428 g/mol. The van der Waals surface area contributed by atoms with Crippen LogP contribution in [0.15, 0.2) is 48.6 Å². The van der Waals surface area contributed by atoms with E-state index in [1.807, 2.05) is 50.2 Å². The van der Waals surface area contributed by atoms with Gasteiger partial charge in [-0.25, -0.2) is 14.6 Å². The normalized spacial score (nSPS) is 15.6. The van der Waals surface area contributed by atoms with Gasteiger partial charge in [-0.05, 0) is 57.0 Å². The van der Waals surface area contributed by atoms with E-state index in [-0.39, 0.29) is 0 Å². The number of carboxylic acid groups (broad SMARTS) is 2. The summed E-state index contributed by atoms with van der Waals surface area (Å²) in [6.07, 6.45) is 3.54. The number of aryl methyl sites for hydroxylation is 2. The predicted molar refractivity (Wildman–Crippen MR) is 116 cm³/mol. The minimum atomic E-state index is -1.26. The first kappa shape index (κ1) is 23.9. The number of nitrogens with zero attached hydrogens (tertiary/aromatic N) is 1. The Morgan fingerprint density at radius 1 is 1.10 bits per heavy atom. The van der Waals surface area contributed by atoms with Crippen molar-refractivity contribution >= 4 is 11.9 Å². The van der Waals surface area contributed by atoms with Crippen molar-refractivity contribution in [2.24, 2.45) is 5.92 Å². The third kappa shape index (κ3) is 8.88. The fourth-order valence-electron chi connectivity index (χ4n) is 2.89. The van der Waals surface area contributed by atoms with Gasteiger partial charge in [0, 0.05) is 30.3 Å². The van der Waals surface area contributed by atoms with Crippen molar-refractivity contribution in [1.29, 1.82) is 0 Å². The minimum absolute atomic E-state index is 0.545. The summed E-state index contributed by atoms with van der Waals surface area (Å²) < 4.78 is 12.0. The number of piperidine rings is 1. The van der Waals surface area contributed by atoms with Crippen molar-refractivity contribution in [2.45, 2.75) is 26.7 Å². The highest BCUT2D eigenvalue weighted by Gasteiger charge is 2.16. The molecule has 166 valence electrons. The molecule has 3 rings (SSSR count). The van der Waals surface area contributed by atoms with E-state index in [1.54, 1.807) is 0 Å². The molecule has 0 radical (unpaired) electrons. The van der Waals surface area contributed by atoms with E-state index in [0.717, 1.165) is 30.1 Å². The molecule has 1 fully saturated rings. The fourth-order valence-corrected chi connectivity index (χ4v) is 2.89. The number of pyridine rings is 1. The monoisotopic (exact) mass is 428 g/mol. The van der Waals surface area contributed by atoms with Gasteiger partial charge in [0.2, 0.25) is 0 Å². The summed E-state index contributed by atoms with van der Waals surface area (Å²) >= 11 is 0. The maximum atomic E-state index is 9.55. The quantitative estimate of drug-likeness (QED) is 0.573. The Hall–Kier alpha value is -3.39. The van der Waals surface area contributed by atoms with E-state index >= 15 is 0 Å². The molecule has 2 heterocycles. The average Bonchev–Trinajstić information content (AvgIpc) is 2.74. The van der Waals surface area contributed by atoms with Crippen LogP contribution < -0.4 is 14.8 Å². The summed E-state index contributed by atoms with van der Waals surface area (Å²) in [5.74, 6) is 0.110. The fraction of sp³-hybridized carbons (Fsp3) is 0.348. The second-order valence-electron chi connectivity index (χ2n) is 7.16. The maximum absolute atomic E-state index is 9.55. The number of aliphatic carboxylic acids is 2. The van der Waals surface area contributed by atoms with Crippen molar-refractivity contribution < 1.29 is 29.3 Å². The van der Waals surface area contributed by atoms with Crippen LogP contribution in [0.1, 0.15) is 24.1 Å². The molecule has 1 aromatic carbocycles. The molecule has 0 amide bonds. The van der Waals surface area contributed by atoms with Crippen molar-refractivity contribution in [2.75, 3.05) is 19.7 Å². The van der Waals surface area contributed by atoms with Crippen LogP contribution >= 0.6 is 0 Å². The Kier molecular flexibility index (Phi) is 9.51. The minimum Gasteiger partial charge on any atom is -0.488 e. The molecule has 0 saturated carbocycles. The Bertz CT molecular complexity index is 891. The number of aromatic nitrogens is 1. The molecule has 8 heteroatoms. The molecule has 0 unspecified atom stereocenters. The first-order chi connectivity index (χ1) is 14.8.